The number of benzene rings is 2. The van der Waals surface area contributed by atoms with Crippen molar-refractivity contribution in [1.82, 2.24) is 10.2 Å². The standard InChI is InChI=1S/C25H29FN2O3/c1-25(2,3)31-24(30)27-20-14-18(15-20)23(29)28-13-12-16-6-4-5-7-21(16)22(28)17-8-10-19(26)11-9-17/h4-11,18,20,22H,12-15H2,1-3H3,(H,27,30)/t18?,20?,22-/m0/s1. The van der Waals surface area contributed by atoms with Gasteiger partial charge < -0.3 is 15.0 Å². The molecule has 4 rings (SSSR count). The van der Waals surface area contributed by atoms with Crippen LogP contribution in [0.4, 0.5) is 9.18 Å². The molecule has 1 heterocycles. The van der Waals surface area contributed by atoms with Crippen LogP contribution in [0.25, 0.3) is 0 Å². The molecule has 0 radical (unpaired) electrons. The molecule has 1 saturated carbocycles. The number of ether oxygens (including phenoxy) is 1. The van der Waals surface area contributed by atoms with E-state index < -0.39 is 11.7 Å². The fraction of sp³-hybridized carbons (Fsp3) is 0.440. The van der Waals surface area contributed by atoms with Gasteiger partial charge in [0.1, 0.15) is 11.4 Å². The summed E-state index contributed by atoms with van der Waals surface area (Å²) < 4.78 is 18.8. The van der Waals surface area contributed by atoms with Crippen molar-refractivity contribution in [3.05, 3.63) is 71.0 Å². The van der Waals surface area contributed by atoms with Gasteiger partial charge in [-0.25, -0.2) is 9.18 Å². The van der Waals surface area contributed by atoms with Crippen molar-refractivity contribution in [3.8, 4) is 0 Å². The monoisotopic (exact) mass is 424 g/mol. The Labute approximate surface area is 182 Å². The Morgan fingerprint density at radius 3 is 2.42 bits per heavy atom. The number of nitrogens with one attached hydrogen (secondary N) is 1. The summed E-state index contributed by atoms with van der Waals surface area (Å²) in [5, 5.41) is 2.85. The molecule has 2 aromatic carbocycles. The van der Waals surface area contributed by atoms with Gasteiger partial charge >= 0.3 is 6.09 Å². The van der Waals surface area contributed by atoms with Gasteiger partial charge in [-0.05, 0) is 68.9 Å². The van der Waals surface area contributed by atoms with E-state index in [1.807, 2.05) is 37.8 Å². The van der Waals surface area contributed by atoms with Crippen LogP contribution in [0.3, 0.4) is 0 Å². The summed E-state index contributed by atoms with van der Waals surface area (Å²) >= 11 is 0. The lowest BCUT2D eigenvalue weighted by molar-refractivity contribution is -0.141. The average molecular weight is 425 g/mol. The molecule has 1 fully saturated rings. The molecule has 2 aromatic rings. The minimum Gasteiger partial charge on any atom is -0.444 e. The topological polar surface area (TPSA) is 58.6 Å². The van der Waals surface area contributed by atoms with Crippen molar-refractivity contribution in [1.29, 1.82) is 0 Å². The maximum atomic E-state index is 13.5. The largest absolute Gasteiger partial charge is 0.444 e. The average Bonchev–Trinajstić information content (AvgIpc) is 2.68. The zero-order valence-electron chi connectivity index (χ0n) is 18.2. The highest BCUT2D eigenvalue weighted by molar-refractivity contribution is 5.82. The molecule has 0 bridgehead atoms. The van der Waals surface area contributed by atoms with E-state index in [4.69, 9.17) is 4.74 Å². The van der Waals surface area contributed by atoms with Gasteiger partial charge in [0.15, 0.2) is 0 Å². The number of hydrogen-bond donors (Lipinski definition) is 1. The first kappa shape index (κ1) is 21.3. The van der Waals surface area contributed by atoms with Gasteiger partial charge in [0.25, 0.3) is 0 Å². The van der Waals surface area contributed by atoms with Crippen molar-refractivity contribution < 1.29 is 18.7 Å². The smallest absolute Gasteiger partial charge is 0.407 e. The van der Waals surface area contributed by atoms with Crippen LogP contribution in [0.2, 0.25) is 0 Å². The minimum absolute atomic E-state index is 0.0508. The predicted octanol–water partition coefficient (Wildman–Crippen LogP) is 4.60. The van der Waals surface area contributed by atoms with E-state index in [-0.39, 0.29) is 29.7 Å². The molecule has 1 aliphatic carbocycles. The van der Waals surface area contributed by atoms with Gasteiger partial charge in [0.05, 0.1) is 6.04 Å². The molecule has 5 nitrogen and oxygen atoms in total. The second-order valence-corrected chi connectivity index (χ2v) is 9.45. The SMILES string of the molecule is CC(C)(C)OC(=O)NC1CC(C(=O)N2CCc3ccccc3[C@@H]2c2ccc(F)cc2)C1. The van der Waals surface area contributed by atoms with Crippen LogP contribution >= 0.6 is 0 Å². The van der Waals surface area contributed by atoms with E-state index in [1.54, 1.807) is 12.1 Å². The third kappa shape index (κ3) is 4.73. The minimum atomic E-state index is -0.549. The lowest BCUT2D eigenvalue weighted by atomic mass is 9.78. The molecule has 2 aliphatic rings. The summed E-state index contributed by atoms with van der Waals surface area (Å²) in [5.41, 5.74) is 2.67. The number of nitrogens with zero attached hydrogens (tertiary/aromatic N) is 1. The number of alkyl carbamates (subject to hydrolysis) is 1. The summed E-state index contributed by atoms with van der Waals surface area (Å²) in [6, 6.07) is 14.3. The third-order valence-electron chi connectivity index (χ3n) is 5.96. The molecule has 164 valence electrons. The van der Waals surface area contributed by atoms with Gasteiger partial charge in [0.2, 0.25) is 5.91 Å². The van der Waals surface area contributed by atoms with E-state index in [0.29, 0.717) is 19.4 Å². The molecule has 2 amide bonds. The number of halogens is 1. The molecular weight excluding hydrogens is 395 g/mol. The molecule has 0 aromatic heterocycles. The first-order valence-corrected chi connectivity index (χ1v) is 10.8. The number of hydrogen-bond acceptors (Lipinski definition) is 3. The number of fused-ring (bicyclic) bond motifs is 1. The molecule has 1 atom stereocenters. The Balaban J connectivity index is 1.47. The maximum absolute atomic E-state index is 13.5. The molecule has 31 heavy (non-hydrogen) atoms. The van der Waals surface area contributed by atoms with Crippen LogP contribution in [-0.2, 0) is 16.0 Å². The quantitative estimate of drug-likeness (QED) is 0.783. The van der Waals surface area contributed by atoms with Crippen molar-refractivity contribution in [2.75, 3.05) is 6.54 Å². The zero-order valence-corrected chi connectivity index (χ0v) is 18.2. The normalized spacial score (nSPS) is 22.8. The van der Waals surface area contributed by atoms with Crippen molar-refractivity contribution in [2.45, 2.75) is 57.7 Å². The molecule has 1 N–H and O–H groups in total. The van der Waals surface area contributed by atoms with Crippen LogP contribution in [0.5, 0.6) is 0 Å². The van der Waals surface area contributed by atoms with Gasteiger partial charge in [-0.2, -0.15) is 0 Å². The molecule has 0 saturated heterocycles. The van der Waals surface area contributed by atoms with Crippen LogP contribution in [-0.4, -0.2) is 35.1 Å². The summed E-state index contributed by atoms with van der Waals surface area (Å²) in [5.74, 6) is -0.333. The lowest BCUT2D eigenvalue weighted by Crippen LogP contribution is -2.52. The van der Waals surface area contributed by atoms with Crippen LogP contribution in [0, 0.1) is 11.7 Å². The van der Waals surface area contributed by atoms with E-state index in [1.165, 1.54) is 17.7 Å². The van der Waals surface area contributed by atoms with Crippen LogP contribution in [0.15, 0.2) is 48.5 Å². The van der Waals surface area contributed by atoms with E-state index in [0.717, 1.165) is 17.5 Å². The Morgan fingerprint density at radius 2 is 1.74 bits per heavy atom. The Morgan fingerprint density at radius 1 is 1.06 bits per heavy atom. The van der Waals surface area contributed by atoms with Gasteiger partial charge in [-0.15, -0.1) is 0 Å². The number of carbonyl (C=O) groups excluding carboxylic acids is 2. The van der Waals surface area contributed by atoms with Crippen LogP contribution in [0.1, 0.15) is 56.3 Å². The highest BCUT2D eigenvalue weighted by Gasteiger charge is 2.41. The highest BCUT2D eigenvalue weighted by atomic mass is 19.1. The number of amides is 2. The van der Waals surface area contributed by atoms with Crippen molar-refractivity contribution in [3.63, 3.8) is 0 Å². The zero-order chi connectivity index (χ0) is 22.2. The molecule has 6 heteroatoms. The molecular formula is C25H29FN2O3. The van der Waals surface area contributed by atoms with Gasteiger partial charge in [0, 0.05) is 18.5 Å². The summed E-state index contributed by atoms with van der Waals surface area (Å²) in [6.45, 7) is 6.09. The first-order chi connectivity index (χ1) is 14.7. The second-order valence-electron chi connectivity index (χ2n) is 9.45. The van der Waals surface area contributed by atoms with E-state index >= 15 is 0 Å². The summed E-state index contributed by atoms with van der Waals surface area (Å²) in [6.07, 6.45) is 1.56. The molecule has 0 spiro atoms. The van der Waals surface area contributed by atoms with Crippen molar-refractivity contribution in [2.24, 2.45) is 5.92 Å². The summed E-state index contributed by atoms with van der Waals surface area (Å²) in [4.78, 5) is 27.3. The Hall–Kier alpha value is -2.89. The number of carbonyl (C=O) groups is 2. The predicted molar refractivity (Wildman–Crippen MR) is 116 cm³/mol. The lowest BCUT2D eigenvalue weighted by Gasteiger charge is -2.43. The Kier molecular flexibility index (Phi) is 5.73. The number of rotatable bonds is 3. The van der Waals surface area contributed by atoms with Gasteiger partial charge in [-0.1, -0.05) is 36.4 Å². The Bertz CT molecular complexity index is 961. The molecule has 0 unspecified atom stereocenters. The second kappa shape index (κ2) is 8.33. The first-order valence-electron chi connectivity index (χ1n) is 10.8. The van der Waals surface area contributed by atoms with E-state index in [9.17, 15) is 14.0 Å². The van der Waals surface area contributed by atoms with Gasteiger partial charge in [-0.3, -0.25) is 4.79 Å². The van der Waals surface area contributed by atoms with Crippen molar-refractivity contribution >= 4 is 12.0 Å². The van der Waals surface area contributed by atoms with E-state index in [2.05, 4.69) is 17.4 Å². The third-order valence-corrected chi connectivity index (χ3v) is 5.96. The fourth-order valence-electron chi connectivity index (χ4n) is 4.45. The van der Waals surface area contributed by atoms with Crippen LogP contribution < -0.4 is 5.32 Å². The summed E-state index contributed by atoms with van der Waals surface area (Å²) in [7, 11) is 0. The maximum Gasteiger partial charge on any atom is 0.407 e. The molecule has 1 aliphatic heterocycles. The highest BCUT2D eigenvalue weighted by Crippen LogP contribution is 2.39. The fourth-order valence-corrected chi connectivity index (χ4v) is 4.45.